The lowest BCUT2D eigenvalue weighted by Gasteiger charge is -2.27. The molecule has 11 heavy (non-hydrogen) atoms. The highest BCUT2D eigenvalue weighted by atomic mass is 16.2. The molecule has 62 valence electrons. The summed E-state index contributed by atoms with van der Waals surface area (Å²) >= 11 is 0. The Bertz CT molecular complexity index is 184. The fourth-order valence-corrected chi connectivity index (χ4v) is 1.23. The van der Waals surface area contributed by atoms with Crippen molar-refractivity contribution >= 4 is 5.91 Å². The van der Waals surface area contributed by atoms with E-state index in [1.54, 1.807) is 11.0 Å². The molecular weight excluding hydrogens is 138 g/mol. The topological polar surface area (TPSA) is 20.3 Å². The third kappa shape index (κ3) is 1.82. The van der Waals surface area contributed by atoms with Crippen molar-refractivity contribution in [3.63, 3.8) is 0 Å². The summed E-state index contributed by atoms with van der Waals surface area (Å²) in [5, 5.41) is 0. The second kappa shape index (κ2) is 3.07. The highest BCUT2D eigenvalue weighted by Crippen LogP contribution is 2.17. The SMILES string of the molecule is CC(C)C1C=CC(=O)N(C)C1. The Morgan fingerprint density at radius 1 is 1.64 bits per heavy atom. The number of likely N-dealkylation sites (N-methyl/N-ethyl adjacent to an activating group) is 1. The molecule has 1 amide bonds. The van der Waals surface area contributed by atoms with E-state index < -0.39 is 0 Å². The van der Waals surface area contributed by atoms with Gasteiger partial charge in [0.15, 0.2) is 0 Å². The van der Waals surface area contributed by atoms with Crippen LogP contribution in [-0.2, 0) is 4.79 Å². The molecule has 1 aliphatic heterocycles. The third-order valence-electron chi connectivity index (χ3n) is 2.20. The minimum absolute atomic E-state index is 0.127. The van der Waals surface area contributed by atoms with Gasteiger partial charge in [0.25, 0.3) is 0 Å². The predicted octanol–water partition coefficient (Wildman–Crippen LogP) is 1.29. The average molecular weight is 153 g/mol. The number of rotatable bonds is 1. The van der Waals surface area contributed by atoms with Crippen molar-refractivity contribution in [1.29, 1.82) is 0 Å². The van der Waals surface area contributed by atoms with Crippen molar-refractivity contribution in [3.05, 3.63) is 12.2 Å². The van der Waals surface area contributed by atoms with Crippen molar-refractivity contribution < 1.29 is 4.79 Å². The van der Waals surface area contributed by atoms with Crippen LogP contribution in [0.5, 0.6) is 0 Å². The van der Waals surface area contributed by atoms with Crippen LogP contribution in [0.2, 0.25) is 0 Å². The molecule has 2 nitrogen and oxygen atoms in total. The van der Waals surface area contributed by atoms with Gasteiger partial charge in [-0.2, -0.15) is 0 Å². The van der Waals surface area contributed by atoms with Gasteiger partial charge in [-0.1, -0.05) is 19.9 Å². The van der Waals surface area contributed by atoms with Crippen LogP contribution in [0.25, 0.3) is 0 Å². The van der Waals surface area contributed by atoms with Gasteiger partial charge in [-0.05, 0) is 17.9 Å². The minimum Gasteiger partial charge on any atom is -0.342 e. The second-order valence-corrected chi connectivity index (χ2v) is 3.49. The van der Waals surface area contributed by atoms with E-state index in [1.807, 2.05) is 13.1 Å². The molecule has 0 aromatic rings. The van der Waals surface area contributed by atoms with Crippen LogP contribution in [0.3, 0.4) is 0 Å². The van der Waals surface area contributed by atoms with Crippen molar-refractivity contribution in [2.45, 2.75) is 13.8 Å². The lowest BCUT2D eigenvalue weighted by Crippen LogP contribution is -2.35. The lowest BCUT2D eigenvalue weighted by molar-refractivity contribution is -0.126. The number of hydrogen-bond donors (Lipinski definition) is 0. The van der Waals surface area contributed by atoms with E-state index >= 15 is 0 Å². The number of amides is 1. The van der Waals surface area contributed by atoms with E-state index in [0.29, 0.717) is 11.8 Å². The standard InChI is InChI=1S/C9H15NO/c1-7(2)8-4-5-9(11)10(3)6-8/h4-5,7-8H,6H2,1-3H3. The summed E-state index contributed by atoms with van der Waals surface area (Å²) in [5.41, 5.74) is 0. The third-order valence-corrected chi connectivity index (χ3v) is 2.20. The quantitative estimate of drug-likeness (QED) is 0.556. The number of nitrogens with zero attached hydrogens (tertiary/aromatic N) is 1. The zero-order valence-corrected chi connectivity index (χ0v) is 7.37. The smallest absolute Gasteiger partial charge is 0.246 e. The van der Waals surface area contributed by atoms with Gasteiger partial charge >= 0.3 is 0 Å². The molecule has 0 radical (unpaired) electrons. The Hall–Kier alpha value is -0.790. The van der Waals surface area contributed by atoms with Crippen molar-refractivity contribution in [2.24, 2.45) is 11.8 Å². The zero-order chi connectivity index (χ0) is 8.43. The van der Waals surface area contributed by atoms with Crippen LogP contribution in [0, 0.1) is 11.8 Å². The fraction of sp³-hybridized carbons (Fsp3) is 0.667. The Labute approximate surface area is 67.9 Å². The molecule has 1 rings (SSSR count). The van der Waals surface area contributed by atoms with Crippen LogP contribution < -0.4 is 0 Å². The summed E-state index contributed by atoms with van der Waals surface area (Å²) in [6, 6.07) is 0. The fourth-order valence-electron chi connectivity index (χ4n) is 1.23. The summed E-state index contributed by atoms with van der Waals surface area (Å²) in [6.07, 6.45) is 3.70. The molecule has 1 heterocycles. The van der Waals surface area contributed by atoms with Gasteiger partial charge in [0.1, 0.15) is 0 Å². The van der Waals surface area contributed by atoms with Gasteiger partial charge in [0.05, 0.1) is 0 Å². The molecule has 1 atom stereocenters. The van der Waals surface area contributed by atoms with Gasteiger partial charge in [0.2, 0.25) is 5.91 Å². The molecule has 0 aromatic heterocycles. The Balaban J connectivity index is 2.63. The van der Waals surface area contributed by atoms with Crippen molar-refractivity contribution in [2.75, 3.05) is 13.6 Å². The predicted molar refractivity (Wildman–Crippen MR) is 45.1 cm³/mol. The van der Waals surface area contributed by atoms with Gasteiger partial charge in [-0.25, -0.2) is 0 Å². The van der Waals surface area contributed by atoms with Gasteiger partial charge in [-0.3, -0.25) is 4.79 Å². The van der Waals surface area contributed by atoms with Crippen LogP contribution >= 0.6 is 0 Å². The molecular formula is C9H15NO. The van der Waals surface area contributed by atoms with E-state index in [4.69, 9.17) is 0 Å². The summed E-state index contributed by atoms with van der Waals surface area (Å²) < 4.78 is 0. The van der Waals surface area contributed by atoms with Crippen LogP contribution in [-0.4, -0.2) is 24.4 Å². The maximum atomic E-state index is 11.0. The first kappa shape index (κ1) is 8.31. The molecule has 0 N–H and O–H groups in total. The highest BCUT2D eigenvalue weighted by molar-refractivity contribution is 5.88. The lowest BCUT2D eigenvalue weighted by atomic mass is 9.93. The first-order valence-corrected chi connectivity index (χ1v) is 4.04. The molecule has 0 fully saturated rings. The minimum atomic E-state index is 0.127. The summed E-state index contributed by atoms with van der Waals surface area (Å²) in [7, 11) is 1.85. The first-order valence-electron chi connectivity index (χ1n) is 4.04. The molecule has 2 heteroatoms. The number of carbonyl (C=O) groups excluding carboxylic acids is 1. The Morgan fingerprint density at radius 2 is 2.27 bits per heavy atom. The van der Waals surface area contributed by atoms with E-state index in [2.05, 4.69) is 13.8 Å². The normalized spacial score (nSPS) is 24.9. The van der Waals surface area contributed by atoms with E-state index in [0.717, 1.165) is 6.54 Å². The maximum absolute atomic E-state index is 11.0. The second-order valence-electron chi connectivity index (χ2n) is 3.49. The average Bonchev–Trinajstić information content (AvgIpc) is 1.94. The molecule has 1 unspecified atom stereocenters. The molecule has 0 aromatic carbocycles. The molecule has 0 spiro atoms. The molecule has 0 saturated carbocycles. The summed E-state index contributed by atoms with van der Waals surface area (Å²) in [5.74, 6) is 1.29. The van der Waals surface area contributed by atoms with Crippen LogP contribution in [0.4, 0.5) is 0 Å². The first-order chi connectivity index (χ1) is 5.11. The van der Waals surface area contributed by atoms with E-state index in [1.165, 1.54) is 0 Å². The van der Waals surface area contributed by atoms with Crippen molar-refractivity contribution in [1.82, 2.24) is 4.90 Å². The van der Waals surface area contributed by atoms with Crippen LogP contribution in [0.1, 0.15) is 13.8 Å². The molecule has 0 aliphatic carbocycles. The van der Waals surface area contributed by atoms with E-state index in [9.17, 15) is 4.79 Å². The number of carbonyl (C=O) groups is 1. The van der Waals surface area contributed by atoms with Crippen molar-refractivity contribution in [3.8, 4) is 0 Å². The van der Waals surface area contributed by atoms with E-state index in [-0.39, 0.29) is 5.91 Å². The monoisotopic (exact) mass is 153 g/mol. The number of hydrogen-bond acceptors (Lipinski definition) is 1. The largest absolute Gasteiger partial charge is 0.342 e. The van der Waals surface area contributed by atoms with Gasteiger partial charge in [0, 0.05) is 13.6 Å². The molecule has 0 bridgehead atoms. The molecule has 0 saturated heterocycles. The Morgan fingerprint density at radius 3 is 2.73 bits per heavy atom. The molecule has 1 aliphatic rings. The zero-order valence-electron chi connectivity index (χ0n) is 7.37. The summed E-state index contributed by atoms with van der Waals surface area (Å²) in [6.45, 7) is 5.23. The van der Waals surface area contributed by atoms with Gasteiger partial charge in [-0.15, -0.1) is 0 Å². The highest BCUT2D eigenvalue weighted by Gasteiger charge is 2.19. The maximum Gasteiger partial charge on any atom is 0.246 e. The summed E-state index contributed by atoms with van der Waals surface area (Å²) in [4.78, 5) is 12.8. The van der Waals surface area contributed by atoms with Gasteiger partial charge < -0.3 is 4.90 Å². The van der Waals surface area contributed by atoms with Crippen LogP contribution in [0.15, 0.2) is 12.2 Å². The Kier molecular flexibility index (Phi) is 2.32.